The van der Waals surface area contributed by atoms with E-state index in [1.54, 1.807) is 36.4 Å². The van der Waals surface area contributed by atoms with E-state index in [2.05, 4.69) is 5.32 Å². The fourth-order valence-electron chi connectivity index (χ4n) is 1.83. The number of carbonyl (C=O) groups excluding carboxylic acids is 2. The first kappa shape index (κ1) is 15.2. The summed E-state index contributed by atoms with van der Waals surface area (Å²) in [6.07, 6.45) is 3.07. The number of amides is 1. The molecule has 0 saturated heterocycles. The van der Waals surface area contributed by atoms with Crippen LogP contribution in [0.25, 0.3) is 6.08 Å². The van der Waals surface area contributed by atoms with E-state index in [-0.39, 0.29) is 18.1 Å². The molecule has 0 spiro atoms. The number of carbonyl (C=O) groups is 2. The number of nitriles is 1. The molecule has 2 aromatic carbocycles. The molecule has 0 unspecified atom stereocenters. The molecule has 0 fully saturated rings. The summed E-state index contributed by atoms with van der Waals surface area (Å²) in [7, 11) is 0. The summed E-state index contributed by atoms with van der Waals surface area (Å²) in [5.74, 6) is -0.482. The number of allylic oxidation sites excluding steroid dienone is 1. The topological polar surface area (TPSA) is 70.0 Å². The van der Waals surface area contributed by atoms with E-state index in [1.807, 2.05) is 30.3 Å². The smallest absolute Gasteiger partial charge is 0.238 e. The predicted molar refractivity (Wildman–Crippen MR) is 85.1 cm³/mol. The summed E-state index contributed by atoms with van der Waals surface area (Å²) in [5.41, 5.74) is 2.05. The Labute approximate surface area is 128 Å². The zero-order valence-electron chi connectivity index (χ0n) is 11.8. The van der Waals surface area contributed by atoms with Gasteiger partial charge in [0.2, 0.25) is 5.91 Å². The van der Waals surface area contributed by atoms with Crippen LogP contribution in [0.3, 0.4) is 0 Å². The SMILES string of the molecule is N#CCC(=O)Nc1ccc(C(=O)/C=C/c2ccccc2)cc1. The predicted octanol–water partition coefficient (Wildman–Crippen LogP) is 3.43. The Balaban J connectivity index is 2.01. The monoisotopic (exact) mass is 290 g/mol. The van der Waals surface area contributed by atoms with E-state index in [1.165, 1.54) is 6.08 Å². The van der Waals surface area contributed by atoms with Crippen molar-refractivity contribution in [2.45, 2.75) is 6.42 Å². The van der Waals surface area contributed by atoms with Crippen LogP contribution in [-0.2, 0) is 4.79 Å². The van der Waals surface area contributed by atoms with Gasteiger partial charge < -0.3 is 5.32 Å². The van der Waals surface area contributed by atoms with Crippen molar-refractivity contribution in [2.24, 2.45) is 0 Å². The van der Waals surface area contributed by atoms with E-state index in [0.29, 0.717) is 11.3 Å². The van der Waals surface area contributed by atoms with Crippen molar-refractivity contribution in [1.29, 1.82) is 5.26 Å². The average Bonchev–Trinajstić information content (AvgIpc) is 2.54. The van der Waals surface area contributed by atoms with Crippen LogP contribution in [0.1, 0.15) is 22.3 Å². The van der Waals surface area contributed by atoms with Crippen molar-refractivity contribution in [3.8, 4) is 6.07 Å². The molecular weight excluding hydrogens is 276 g/mol. The van der Waals surface area contributed by atoms with Crippen LogP contribution in [0.2, 0.25) is 0 Å². The minimum absolute atomic E-state index is 0.112. The molecule has 0 atom stereocenters. The number of benzene rings is 2. The summed E-state index contributed by atoms with van der Waals surface area (Å²) >= 11 is 0. The maximum atomic E-state index is 12.0. The average molecular weight is 290 g/mol. The molecule has 1 N–H and O–H groups in total. The second-order valence-electron chi connectivity index (χ2n) is 4.57. The van der Waals surface area contributed by atoms with Gasteiger partial charge in [0.25, 0.3) is 0 Å². The van der Waals surface area contributed by atoms with Gasteiger partial charge in [-0.15, -0.1) is 0 Å². The maximum Gasteiger partial charge on any atom is 0.238 e. The van der Waals surface area contributed by atoms with Gasteiger partial charge in [0, 0.05) is 11.3 Å². The quantitative estimate of drug-likeness (QED) is 0.677. The van der Waals surface area contributed by atoms with Crippen LogP contribution < -0.4 is 5.32 Å². The third-order valence-corrected chi connectivity index (χ3v) is 2.92. The fraction of sp³-hybridized carbons (Fsp3) is 0.0556. The number of hydrogen-bond acceptors (Lipinski definition) is 3. The first-order valence-corrected chi connectivity index (χ1v) is 6.73. The lowest BCUT2D eigenvalue weighted by Crippen LogP contribution is -2.10. The Morgan fingerprint density at radius 2 is 1.73 bits per heavy atom. The lowest BCUT2D eigenvalue weighted by atomic mass is 10.1. The molecule has 0 aliphatic rings. The van der Waals surface area contributed by atoms with Gasteiger partial charge in [0.05, 0.1) is 6.07 Å². The van der Waals surface area contributed by atoms with Crippen molar-refractivity contribution < 1.29 is 9.59 Å². The van der Waals surface area contributed by atoms with Crippen LogP contribution in [-0.4, -0.2) is 11.7 Å². The first-order valence-electron chi connectivity index (χ1n) is 6.73. The highest BCUT2D eigenvalue weighted by molar-refractivity contribution is 6.07. The summed E-state index contributed by atoms with van der Waals surface area (Å²) in [6, 6.07) is 17.9. The van der Waals surface area contributed by atoms with Gasteiger partial charge in [0.1, 0.15) is 6.42 Å². The minimum Gasteiger partial charge on any atom is -0.325 e. The summed E-state index contributed by atoms with van der Waals surface area (Å²) in [6.45, 7) is 0. The number of nitrogens with zero attached hydrogens (tertiary/aromatic N) is 1. The molecule has 108 valence electrons. The Morgan fingerprint density at radius 1 is 1.05 bits per heavy atom. The van der Waals surface area contributed by atoms with Crippen LogP contribution in [0.5, 0.6) is 0 Å². The van der Waals surface area contributed by atoms with Gasteiger partial charge in [-0.05, 0) is 35.9 Å². The zero-order valence-corrected chi connectivity index (χ0v) is 11.8. The van der Waals surface area contributed by atoms with Gasteiger partial charge in [0.15, 0.2) is 5.78 Å². The molecule has 2 rings (SSSR count). The van der Waals surface area contributed by atoms with Gasteiger partial charge in [-0.3, -0.25) is 9.59 Å². The third-order valence-electron chi connectivity index (χ3n) is 2.92. The normalized spacial score (nSPS) is 10.1. The zero-order chi connectivity index (χ0) is 15.8. The molecule has 0 bridgehead atoms. The Bertz CT molecular complexity index is 726. The Hall–Kier alpha value is -3.19. The van der Waals surface area contributed by atoms with Crippen LogP contribution in [0, 0.1) is 11.3 Å². The lowest BCUT2D eigenvalue weighted by molar-refractivity contribution is -0.115. The maximum absolute atomic E-state index is 12.0. The summed E-state index contributed by atoms with van der Waals surface area (Å²) in [4.78, 5) is 23.3. The van der Waals surface area contributed by atoms with Crippen molar-refractivity contribution in [3.63, 3.8) is 0 Å². The standard InChI is InChI=1S/C18H14N2O2/c19-13-12-18(22)20-16-9-7-15(8-10-16)17(21)11-6-14-4-2-1-3-5-14/h1-11H,12H2,(H,20,22)/b11-6+. The van der Waals surface area contributed by atoms with Gasteiger partial charge in [-0.1, -0.05) is 36.4 Å². The summed E-state index contributed by atoms with van der Waals surface area (Å²) < 4.78 is 0. The third kappa shape index (κ3) is 4.43. The molecule has 1 amide bonds. The van der Waals surface area contributed by atoms with Crippen LogP contribution >= 0.6 is 0 Å². The number of hydrogen-bond donors (Lipinski definition) is 1. The summed E-state index contributed by atoms with van der Waals surface area (Å²) in [5, 5.41) is 11.0. The highest BCUT2D eigenvalue weighted by atomic mass is 16.1. The fourth-order valence-corrected chi connectivity index (χ4v) is 1.83. The van der Waals surface area contributed by atoms with Gasteiger partial charge in [-0.2, -0.15) is 5.26 Å². The van der Waals surface area contributed by atoms with E-state index in [0.717, 1.165) is 5.56 Å². The van der Waals surface area contributed by atoms with Gasteiger partial charge >= 0.3 is 0 Å². The molecule has 4 heteroatoms. The largest absolute Gasteiger partial charge is 0.325 e. The molecule has 4 nitrogen and oxygen atoms in total. The molecule has 0 aliphatic heterocycles. The number of rotatable bonds is 5. The second kappa shape index (κ2) is 7.55. The van der Waals surface area contributed by atoms with E-state index < -0.39 is 0 Å². The molecular formula is C18H14N2O2. The van der Waals surface area contributed by atoms with Crippen molar-refractivity contribution in [3.05, 3.63) is 71.8 Å². The Kier molecular flexibility index (Phi) is 5.22. The van der Waals surface area contributed by atoms with Crippen molar-refractivity contribution in [1.82, 2.24) is 0 Å². The second-order valence-corrected chi connectivity index (χ2v) is 4.57. The Morgan fingerprint density at radius 3 is 2.36 bits per heavy atom. The first-order chi connectivity index (χ1) is 10.7. The van der Waals surface area contributed by atoms with E-state index >= 15 is 0 Å². The number of anilines is 1. The number of ketones is 1. The molecule has 0 saturated carbocycles. The molecule has 0 aliphatic carbocycles. The molecule has 22 heavy (non-hydrogen) atoms. The molecule has 0 heterocycles. The van der Waals surface area contributed by atoms with Crippen molar-refractivity contribution in [2.75, 3.05) is 5.32 Å². The van der Waals surface area contributed by atoms with Gasteiger partial charge in [-0.25, -0.2) is 0 Å². The molecule has 2 aromatic rings. The van der Waals surface area contributed by atoms with E-state index in [9.17, 15) is 9.59 Å². The van der Waals surface area contributed by atoms with Crippen LogP contribution in [0.15, 0.2) is 60.7 Å². The molecule has 0 aromatic heterocycles. The van der Waals surface area contributed by atoms with E-state index in [4.69, 9.17) is 5.26 Å². The lowest BCUT2D eigenvalue weighted by Gasteiger charge is -2.03. The highest BCUT2D eigenvalue weighted by Crippen LogP contribution is 2.11. The number of nitrogens with one attached hydrogen (secondary N) is 1. The van der Waals surface area contributed by atoms with Crippen molar-refractivity contribution >= 4 is 23.5 Å². The highest BCUT2D eigenvalue weighted by Gasteiger charge is 2.04. The minimum atomic E-state index is -0.370. The molecule has 0 radical (unpaired) electrons. The van der Waals surface area contributed by atoms with Crippen LogP contribution in [0.4, 0.5) is 5.69 Å².